The number of hydrogen-bond acceptors (Lipinski definition) is 3. The molecular formula is C7H7N2S2. The van der Waals surface area contributed by atoms with Crippen LogP contribution in [0.1, 0.15) is 0 Å². The smallest absolute Gasteiger partial charge is 0.104 e. The van der Waals surface area contributed by atoms with Crippen molar-refractivity contribution < 1.29 is 0 Å². The maximum Gasteiger partial charge on any atom is 0.104 e. The molecule has 0 aliphatic heterocycles. The Kier molecular flexibility index (Phi) is 3.32. The Bertz CT molecular complexity index is 235. The van der Waals surface area contributed by atoms with Gasteiger partial charge < -0.3 is 0 Å². The standard InChI is InChI=1S/C7H7N2S2/c8-6(10)5-11-7-3-1-2-4-9-7/h1-4,8H,5H2. The van der Waals surface area contributed by atoms with Gasteiger partial charge in [0.25, 0.3) is 0 Å². The molecule has 2 nitrogen and oxygen atoms in total. The summed E-state index contributed by atoms with van der Waals surface area (Å²) < 4.78 is 0. The molecule has 4 heteroatoms. The monoisotopic (exact) mass is 183 g/mol. The Hall–Kier alpha value is -0.610. The Morgan fingerprint density at radius 3 is 3.00 bits per heavy atom. The van der Waals surface area contributed by atoms with Crippen molar-refractivity contribution in [1.29, 1.82) is 0 Å². The van der Waals surface area contributed by atoms with E-state index in [1.54, 1.807) is 6.20 Å². The molecule has 0 fully saturated rings. The molecule has 0 saturated heterocycles. The fraction of sp³-hybridized carbons (Fsp3) is 0.143. The van der Waals surface area contributed by atoms with Crippen LogP contribution < -0.4 is 5.73 Å². The lowest BCUT2D eigenvalue weighted by atomic mass is 10.5. The lowest BCUT2D eigenvalue weighted by Crippen LogP contribution is -1.97. The summed E-state index contributed by atoms with van der Waals surface area (Å²) in [5.74, 6) is 0.548. The van der Waals surface area contributed by atoms with Gasteiger partial charge in [0.05, 0.1) is 10.8 Å². The second-order valence-electron chi connectivity index (χ2n) is 1.88. The SMILES string of the molecule is [NH]C(=S)CSc1ccccn1. The van der Waals surface area contributed by atoms with E-state index in [0.29, 0.717) is 5.75 Å². The number of thiocarbonyl (C=S) groups is 1. The number of nitrogens with zero attached hydrogens (tertiary/aromatic N) is 1. The topological polar surface area (TPSA) is 36.7 Å². The van der Waals surface area contributed by atoms with Gasteiger partial charge in [-0.05, 0) is 12.1 Å². The first-order valence-corrected chi connectivity index (χ1v) is 4.46. The van der Waals surface area contributed by atoms with Crippen LogP contribution in [-0.2, 0) is 0 Å². The largest absolute Gasteiger partial charge is 0.293 e. The Labute approximate surface area is 75.2 Å². The molecule has 0 spiro atoms. The molecule has 1 rings (SSSR count). The van der Waals surface area contributed by atoms with E-state index in [2.05, 4.69) is 17.2 Å². The van der Waals surface area contributed by atoms with Crippen LogP contribution in [0.2, 0.25) is 0 Å². The minimum atomic E-state index is 0.264. The fourth-order valence-corrected chi connectivity index (χ4v) is 1.34. The van der Waals surface area contributed by atoms with E-state index in [4.69, 9.17) is 5.73 Å². The molecule has 1 aromatic heterocycles. The molecule has 0 atom stereocenters. The van der Waals surface area contributed by atoms with Gasteiger partial charge >= 0.3 is 0 Å². The average Bonchev–Trinajstić information content (AvgIpc) is 2.03. The van der Waals surface area contributed by atoms with Crippen LogP contribution in [0.3, 0.4) is 0 Å². The number of nitrogens with one attached hydrogen (secondary N) is 1. The predicted octanol–water partition coefficient (Wildman–Crippen LogP) is 1.78. The minimum absolute atomic E-state index is 0.264. The normalized spacial score (nSPS) is 9.45. The van der Waals surface area contributed by atoms with Gasteiger partial charge in [-0.3, -0.25) is 5.73 Å². The zero-order valence-corrected chi connectivity index (χ0v) is 7.41. The zero-order chi connectivity index (χ0) is 8.10. The number of hydrogen-bond donors (Lipinski definition) is 0. The zero-order valence-electron chi connectivity index (χ0n) is 5.78. The lowest BCUT2D eigenvalue weighted by molar-refractivity contribution is 1.14. The van der Waals surface area contributed by atoms with Crippen LogP contribution >= 0.6 is 24.0 Å². The molecule has 1 N–H and O–H groups in total. The van der Waals surface area contributed by atoms with E-state index in [1.807, 2.05) is 18.2 Å². The summed E-state index contributed by atoms with van der Waals surface area (Å²) in [6.07, 6.45) is 1.73. The average molecular weight is 183 g/mol. The summed E-state index contributed by atoms with van der Waals surface area (Å²) in [6, 6.07) is 5.69. The summed E-state index contributed by atoms with van der Waals surface area (Å²) in [5.41, 5.74) is 7.01. The molecule has 0 bridgehead atoms. The number of aromatic nitrogens is 1. The van der Waals surface area contributed by atoms with Crippen molar-refractivity contribution >= 4 is 29.0 Å². The van der Waals surface area contributed by atoms with Crippen molar-refractivity contribution in [3.05, 3.63) is 24.4 Å². The number of pyridine rings is 1. The summed E-state index contributed by atoms with van der Waals surface area (Å²) in [5, 5.41) is 0.919. The quantitative estimate of drug-likeness (QED) is 0.529. The van der Waals surface area contributed by atoms with Gasteiger partial charge in [-0.1, -0.05) is 30.0 Å². The van der Waals surface area contributed by atoms with E-state index in [-0.39, 0.29) is 4.99 Å². The van der Waals surface area contributed by atoms with Crippen LogP contribution in [-0.4, -0.2) is 15.7 Å². The van der Waals surface area contributed by atoms with Crippen molar-refractivity contribution in [2.75, 3.05) is 5.75 Å². The second-order valence-corrected chi connectivity index (χ2v) is 3.37. The van der Waals surface area contributed by atoms with E-state index in [0.717, 1.165) is 5.03 Å². The van der Waals surface area contributed by atoms with Crippen LogP contribution in [0.4, 0.5) is 0 Å². The molecular weight excluding hydrogens is 176 g/mol. The summed E-state index contributed by atoms with van der Waals surface area (Å²) >= 11 is 6.10. The fourth-order valence-electron chi connectivity index (χ4n) is 0.572. The van der Waals surface area contributed by atoms with Gasteiger partial charge in [-0.2, -0.15) is 0 Å². The Morgan fingerprint density at radius 1 is 1.64 bits per heavy atom. The first-order chi connectivity index (χ1) is 5.29. The highest BCUT2D eigenvalue weighted by molar-refractivity contribution is 8.01. The first kappa shape index (κ1) is 8.49. The molecule has 1 heterocycles. The molecule has 11 heavy (non-hydrogen) atoms. The Morgan fingerprint density at radius 2 is 2.45 bits per heavy atom. The molecule has 1 aromatic rings. The number of rotatable bonds is 3. The van der Waals surface area contributed by atoms with Crippen molar-refractivity contribution in [1.82, 2.24) is 10.7 Å². The minimum Gasteiger partial charge on any atom is -0.293 e. The lowest BCUT2D eigenvalue weighted by Gasteiger charge is -1.95. The first-order valence-electron chi connectivity index (χ1n) is 3.07. The molecule has 57 valence electrons. The van der Waals surface area contributed by atoms with Gasteiger partial charge in [-0.15, -0.1) is 0 Å². The molecule has 0 aliphatic carbocycles. The van der Waals surface area contributed by atoms with Gasteiger partial charge in [0, 0.05) is 6.20 Å². The van der Waals surface area contributed by atoms with E-state index < -0.39 is 0 Å². The van der Waals surface area contributed by atoms with E-state index >= 15 is 0 Å². The molecule has 0 unspecified atom stereocenters. The highest BCUT2D eigenvalue weighted by atomic mass is 32.2. The van der Waals surface area contributed by atoms with Gasteiger partial charge in [0.15, 0.2) is 0 Å². The maximum absolute atomic E-state index is 7.01. The highest BCUT2D eigenvalue weighted by Crippen LogP contribution is 2.12. The number of thioether (sulfide) groups is 1. The van der Waals surface area contributed by atoms with Gasteiger partial charge in [0.1, 0.15) is 4.99 Å². The Balaban J connectivity index is 2.45. The molecule has 1 radical (unpaired) electrons. The van der Waals surface area contributed by atoms with Crippen molar-refractivity contribution in [2.45, 2.75) is 5.03 Å². The molecule has 0 saturated carbocycles. The van der Waals surface area contributed by atoms with Gasteiger partial charge in [-0.25, -0.2) is 4.98 Å². The van der Waals surface area contributed by atoms with E-state index in [1.165, 1.54) is 11.8 Å². The third kappa shape index (κ3) is 3.34. The maximum atomic E-state index is 7.01. The summed E-state index contributed by atoms with van der Waals surface area (Å²) in [6.45, 7) is 0. The van der Waals surface area contributed by atoms with Crippen LogP contribution in [0.15, 0.2) is 29.4 Å². The molecule has 0 aliphatic rings. The molecule has 0 amide bonds. The third-order valence-corrected chi connectivity index (χ3v) is 2.29. The van der Waals surface area contributed by atoms with Gasteiger partial charge in [0.2, 0.25) is 0 Å². The molecule has 0 aromatic carbocycles. The van der Waals surface area contributed by atoms with Crippen molar-refractivity contribution in [3.8, 4) is 0 Å². The van der Waals surface area contributed by atoms with Crippen LogP contribution in [0, 0.1) is 0 Å². The summed E-state index contributed by atoms with van der Waals surface area (Å²) in [4.78, 5) is 4.34. The van der Waals surface area contributed by atoms with Crippen molar-refractivity contribution in [2.24, 2.45) is 0 Å². The summed E-state index contributed by atoms with van der Waals surface area (Å²) in [7, 11) is 0. The second kappa shape index (κ2) is 4.31. The van der Waals surface area contributed by atoms with Crippen molar-refractivity contribution in [3.63, 3.8) is 0 Å². The van der Waals surface area contributed by atoms with E-state index in [9.17, 15) is 0 Å². The highest BCUT2D eigenvalue weighted by Gasteiger charge is 1.94. The van der Waals surface area contributed by atoms with Crippen LogP contribution in [0.25, 0.3) is 0 Å². The van der Waals surface area contributed by atoms with Crippen LogP contribution in [0.5, 0.6) is 0 Å². The third-order valence-electron chi connectivity index (χ3n) is 0.989. The predicted molar refractivity (Wildman–Crippen MR) is 50.7 cm³/mol.